The Morgan fingerprint density at radius 3 is 0.849 bits per heavy atom. The molecule has 0 unspecified atom stereocenters. The van der Waals surface area contributed by atoms with E-state index in [9.17, 15) is 14.4 Å². The number of hydrogen-bond acceptors (Lipinski definition) is 6. The molecule has 0 amide bonds. The van der Waals surface area contributed by atoms with Gasteiger partial charge in [-0.1, -0.05) is 217 Å². The van der Waals surface area contributed by atoms with Crippen LogP contribution in [0.5, 0.6) is 0 Å². The van der Waals surface area contributed by atoms with Crippen LogP contribution in [0.1, 0.15) is 213 Å². The molecule has 0 fully saturated rings. The number of hydrogen-bond donors (Lipinski definition) is 0. The summed E-state index contributed by atoms with van der Waals surface area (Å²) in [6.45, 7) is 6.26. The molecule has 0 N–H and O–H groups in total. The molecule has 6 nitrogen and oxygen atoms in total. The number of esters is 3. The Kier molecular flexibility index (Phi) is 55.1. The van der Waals surface area contributed by atoms with Crippen molar-refractivity contribution in [2.75, 3.05) is 13.2 Å². The highest BCUT2D eigenvalue weighted by atomic mass is 16.6. The Morgan fingerprint density at radius 1 is 0.288 bits per heavy atom. The van der Waals surface area contributed by atoms with Gasteiger partial charge in [-0.3, -0.25) is 14.4 Å². The van der Waals surface area contributed by atoms with Gasteiger partial charge >= 0.3 is 17.9 Å². The van der Waals surface area contributed by atoms with Gasteiger partial charge in [-0.15, -0.1) is 0 Å². The van der Waals surface area contributed by atoms with Crippen molar-refractivity contribution in [3.63, 3.8) is 0 Å². The van der Waals surface area contributed by atoms with Gasteiger partial charge in [0, 0.05) is 19.3 Å². The fourth-order valence-corrected chi connectivity index (χ4v) is 6.96. The first-order chi connectivity index (χ1) is 36.0. The highest BCUT2D eigenvalue weighted by molar-refractivity contribution is 5.71. The normalized spacial score (nSPS) is 13.4. The van der Waals surface area contributed by atoms with E-state index in [1.54, 1.807) is 0 Å². The maximum absolute atomic E-state index is 12.8. The van der Waals surface area contributed by atoms with E-state index in [0.717, 1.165) is 141 Å². The van der Waals surface area contributed by atoms with E-state index in [-0.39, 0.29) is 31.6 Å². The smallest absolute Gasteiger partial charge is 0.306 e. The number of allylic oxidation sites excluding steroid dienone is 28. The molecular formula is C67H102O6. The van der Waals surface area contributed by atoms with Crippen molar-refractivity contribution in [2.24, 2.45) is 0 Å². The molecule has 0 rings (SSSR count). The lowest BCUT2D eigenvalue weighted by atomic mass is 10.1. The molecule has 0 heterocycles. The van der Waals surface area contributed by atoms with Crippen molar-refractivity contribution in [3.05, 3.63) is 170 Å². The molecule has 0 atom stereocenters. The van der Waals surface area contributed by atoms with E-state index in [1.807, 2.05) is 0 Å². The summed E-state index contributed by atoms with van der Waals surface area (Å²) in [7, 11) is 0. The third-order valence-corrected chi connectivity index (χ3v) is 11.2. The number of carbonyl (C=O) groups is 3. The Labute approximate surface area is 447 Å². The Balaban J connectivity index is 4.64. The molecule has 6 heteroatoms. The second-order valence-electron chi connectivity index (χ2n) is 18.1. The molecule has 0 aromatic rings. The molecule has 0 aliphatic carbocycles. The van der Waals surface area contributed by atoms with Gasteiger partial charge in [-0.05, 0) is 148 Å². The molecule has 0 aromatic heterocycles. The van der Waals surface area contributed by atoms with Crippen LogP contribution in [0, 0.1) is 0 Å². The zero-order valence-electron chi connectivity index (χ0n) is 46.3. The topological polar surface area (TPSA) is 78.9 Å². The molecule has 406 valence electrons. The van der Waals surface area contributed by atoms with Crippen LogP contribution in [0.3, 0.4) is 0 Å². The third-order valence-electron chi connectivity index (χ3n) is 11.2. The second kappa shape index (κ2) is 59.3. The third kappa shape index (κ3) is 57.5. The molecule has 0 saturated heterocycles. The lowest BCUT2D eigenvalue weighted by Gasteiger charge is -2.18. The maximum atomic E-state index is 12.8. The van der Waals surface area contributed by atoms with E-state index in [4.69, 9.17) is 14.2 Å². The highest BCUT2D eigenvalue weighted by Crippen LogP contribution is 2.11. The first-order valence-electron chi connectivity index (χ1n) is 28.6. The van der Waals surface area contributed by atoms with E-state index >= 15 is 0 Å². The second-order valence-corrected chi connectivity index (χ2v) is 18.1. The van der Waals surface area contributed by atoms with Gasteiger partial charge in [-0.2, -0.15) is 0 Å². The molecular weight excluding hydrogens is 901 g/mol. The van der Waals surface area contributed by atoms with Crippen molar-refractivity contribution in [2.45, 2.75) is 219 Å². The largest absolute Gasteiger partial charge is 0.462 e. The van der Waals surface area contributed by atoms with Crippen LogP contribution in [-0.4, -0.2) is 37.2 Å². The van der Waals surface area contributed by atoms with Crippen LogP contribution in [0.25, 0.3) is 0 Å². The first kappa shape index (κ1) is 67.8. The van der Waals surface area contributed by atoms with Crippen LogP contribution in [0.4, 0.5) is 0 Å². The first-order valence-corrected chi connectivity index (χ1v) is 28.6. The van der Waals surface area contributed by atoms with Crippen molar-refractivity contribution in [3.8, 4) is 0 Å². The maximum Gasteiger partial charge on any atom is 0.306 e. The number of ether oxygens (including phenoxy) is 3. The van der Waals surface area contributed by atoms with E-state index in [0.29, 0.717) is 19.3 Å². The standard InChI is InChI=1S/C67H102O6/c1-4-7-10-13-16-19-22-25-28-31-33-36-38-41-44-47-50-53-56-59-65(68)71-62-64(73-67(70)61-58-55-52-49-46-43-40-35-30-27-24-21-18-15-12-9-6-3)63-72-66(69)60-57-54-51-48-45-42-39-37-34-32-29-26-23-20-17-14-11-8-5-2/h7-8,10-11,16-21,25-30,33-34,36-37,40-45,49,52,64H,4-6,9,12-15,22-24,31-32,35,38-39,46-48,50-51,53-63H2,1-3H3. The highest BCUT2D eigenvalue weighted by Gasteiger charge is 2.19. The van der Waals surface area contributed by atoms with E-state index in [2.05, 4.69) is 191 Å². The van der Waals surface area contributed by atoms with Crippen molar-refractivity contribution >= 4 is 17.9 Å². The summed E-state index contributed by atoms with van der Waals surface area (Å²) in [5.41, 5.74) is 0. The average Bonchev–Trinajstić information content (AvgIpc) is 3.39. The van der Waals surface area contributed by atoms with Gasteiger partial charge in [0.2, 0.25) is 0 Å². The van der Waals surface area contributed by atoms with Crippen LogP contribution in [-0.2, 0) is 28.6 Å². The van der Waals surface area contributed by atoms with Crippen molar-refractivity contribution < 1.29 is 28.6 Å². The van der Waals surface area contributed by atoms with Crippen molar-refractivity contribution in [1.82, 2.24) is 0 Å². The monoisotopic (exact) mass is 1000 g/mol. The summed E-state index contributed by atoms with van der Waals surface area (Å²) >= 11 is 0. The average molecular weight is 1000 g/mol. The quantitative estimate of drug-likeness (QED) is 0.0261. The molecule has 0 bridgehead atoms. The number of unbranched alkanes of at least 4 members (excludes halogenated alkanes) is 10. The molecule has 0 radical (unpaired) electrons. The van der Waals surface area contributed by atoms with Gasteiger partial charge in [0.15, 0.2) is 6.10 Å². The Bertz CT molecular complexity index is 1630. The van der Waals surface area contributed by atoms with Crippen molar-refractivity contribution in [1.29, 1.82) is 0 Å². The minimum Gasteiger partial charge on any atom is -0.462 e. The van der Waals surface area contributed by atoms with E-state index < -0.39 is 12.1 Å². The molecule has 0 aliphatic rings. The van der Waals surface area contributed by atoms with Gasteiger partial charge in [0.05, 0.1) is 0 Å². The molecule has 0 aromatic carbocycles. The molecule has 73 heavy (non-hydrogen) atoms. The fraction of sp³-hybridized carbons (Fsp3) is 0.537. The minimum absolute atomic E-state index is 0.137. The van der Waals surface area contributed by atoms with Gasteiger partial charge < -0.3 is 14.2 Å². The number of carbonyl (C=O) groups excluding carboxylic acids is 3. The summed E-state index contributed by atoms with van der Waals surface area (Å²) in [6, 6.07) is 0. The van der Waals surface area contributed by atoms with Crippen LogP contribution >= 0.6 is 0 Å². The predicted octanol–water partition coefficient (Wildman–Crippen LogP) is 19.5. The van der Waals surface area contributed by atoms with Crippen LogP contribution < -0.4 is 0 Å². The lowest BCUT2D eigenvalue weighted by molar-refractivity contribution is -0.167. The summed E-state index contributed by atoms with van der Waals surface area (Å²) in [5.74, 6) is -1.07. The summed E-state index contributed by atoms with van der Waals surface area (Å²) in [4.78, 5) is 38.2. The van der Waals surface area contributed by atoms with E-state index in [1.165, 1.54) is 25.7 Å². The summed E-state index contributed by atoms with van der Waals surface area (Å²) in [5, 5.41) is 0. The summed E-state index contributed by atoms with van der Waals surface area (Å²) in [6.07, 6.45) is 87.7. The fourth-order valence-electron chi connectivity index (χ4n) is 6.96. The van der Waals surface area contributed by atoms with Gasteiger partial charge in [0.25, 0.3) is 0 Å². The SMILES string of the molecule is CCC=CCC=CCC=CCC=CCC=CCCCCCC(=O)OCC(COC(=O)CCCCCC=CCC=CCC=CCC=CCC=CCC)OC(=O)CCCC=CCC=CCC=CCC=CCCCCC. The minimum atomic E-state index is -0.845. The zero-order chi connectivity index (χ0) is 52.9. The van der Waals surface area contributed by atoms with Gasteiger partial charge in [0.1, 0.15) is 13.2 Å². The van der Waals surface area contributed by atoms with Crippen LogP contribution in [0.15, 0.2) is 170 Å². The molecule has 0 spiro atoms. The Morgan fingerprint density at radius 2 is 0.548 bits per heavy atom. The summed E-state index contributed by atoms with van der Waals surface area (Å²) < 4.78 is 16.8. The zero-order valence-corrected chi connectivity index (χ0v) is 46.3. The Hall–Kier alpha value is -5.23. The molecule has 0 saturated carbocycles. The van der Waals surface area contributed by atoms with Crippen LogP contribution in [0.2, 0.25) is 0 Å². The lowest BCUT2D eigenvalue weighted by Crippen LogP contribution is -2.30. The molecule has 0 aliphatic heterocycles. The van der Waals surface area contributed by atoms with Gasteiger partial charge in [-0.25, -0.2) is 0 Å². The predicted molar refractivity (Wildman–Crippen MR) is 315 cm³/mol. The number of rotatable bonds is 49.